The van der Waals surface area contributed by atoms with Crippen LogP contribution in [-0.4, -0.2) is 0 Å². The predicted molar refractivity (Wildman–Crippen MR) is 95.2 cm³/mol. The molecule has 0 amide bonds. The highest BCUT2D eigenvalue weighted by atomic mass is 17.2. The first-order chi connectivity index (χ1) is 10.7. The summed E-state index contributed by atoms with van der Waals surface area (Å²) in [7, 11) is 0. The average molecular weight is 312 g/mol. The topological polar surface area (TPSA) is 18.5 Å². The number of hydrogen-bond acceptors (Lipinski definition) is 2. The Bertz CT molecular complexity index is 610. The van der Waals surface area contributed by atoms with Gasteiger partial charge in [-0.1, -0.05) is 68.4 Å². The van der Waals surface area contributed by atoms with Crippen molar-refractivity contribution in [3.05, 3.63) is 71.3 Å². The van der Waals surface area contributed by atoms with E-state index in [-0.39, 0.29) is 0 Å². The molecule has 0 fully saturated rings. The molecule has 0 unspecified atom stereocenters. The highest BCUT2D eigenvalue weighted by Gasteiger charge is 2.29. The summed E-state index contributed by atoms with van der Waals surface area (Å²) in [5.74, 6) is 0.529. The van der Waals surface area contributed by atoms with E-state index in [0.29, 0.717) is 5.92 Å². The molecule has 0 heterocycles. The smallest absolute Gasteiger partial charge is 0.123 e. The molecule has 23 heavy (non-hydrogen) atoms. The van der Waals surface area contributed by atoms with Crippen molar-refractivity contribution in [2.45, 2.75) is 58.7 Å². The van der Waals surface area contributed by atoms with Gasteiger partial charge < -0.3 is 0 Å². The lowest BCUT2D eigenvalue weighted by molar-refractivity contribution is -0.410. The molecule has 0 spiro atoms. The minimum absolute atomic E-state index is 0.504. The summed E-state index contributed by atoms with van der Waals surface area (Å²) < 4.78 is 0. The Morgan fingerprint density at radius 2 is 1.09 bits per heavy atom. The van der Waals surface area contributed by atoms with Crippen LogP contribution in [0.25, 0.3) is 0 Å². The van der Waals surface area contributed by atoms with Crippen LogP contribution in [0.2, 0.25) is 0 Å². The first kappa shape index (κ1) is 17.7. The minimum atomic E-state index is -0.512. The third-order valence-corrected chi connectivity index (χ3v) is 4.20. The molecule has 0 saturated carbocycles. The zero-order valence-corrected chi connectivity index (χ0v) is 15.1. The fourth-order valence-electron chi connectivity index (χ4n) is 2.41. The number of rotatable bonds is 6. The van der Waals surface area contributed by atoms with Crippen LogP contribution in [0.3, 0.4) is 0 Å². The fourth-order valence-corrected chi connectivity index (χ4v) is 2.41. The highest BCUT2D eigenvalue weighted by Crippen LogP contribution is 2.32. The van der Waals surface area contributed by atoms with Crippen molar-refractivity contribution in [1.29, 1.82) is 0 Å². The summed E-state index contributed by atoms with van der Waals surface area (Å²) in [6, 6.07) is 18.7. The highest BCUT2D eigenvalue weighted by molar-refractivity contribution is 5.28. The van der Waals surface area contributed by atoms with E-state index in [9.17, 15) is 0 Å². The van der Waals surface area contributed by atoms with Gasteiger partial charge in [0.2, 0.25) is 0 Å². The van der Waals surface area contributed by atoms with E-state index in [1.807, 2.05) is 58.0 Å². The van der Waals surface area contributed by atoms with Gasteiger partial charge in [-0.15, -0.1) is 0 Å². The summed E-state index contributed by atoms with van der Waals surface area (Å²) in [4.78, 5) is 11.6. The second-order valence-electron chi connectivity index (χ2n) is 7.33. The normalized spacial score (nSPS) is 12.7. The molecule has 2 nitrogen and oxygen atoms in total. The van der Waals surface area contributed by atoms with Gasteiger partial charge in [0.05, 0.1) is 0 Å². The molecule has 0 radical (unpaired) electrons. The summed E-state index contributed by atoms with van der Waals surface area (Å²) >= 11 is 0. The monoisotopic (exact) mass is 312 g/mol. The van der Waals surface area contributed by atoms with E-state index in [0.717, 1.165) is 11.1 Å². The molecule has 0 aliphatic carbocycles. The first-order valence-corrected chi connectivity index (χ1v) is 8.25. The maximum absolute atomic E-state index is 5.84. The Morgan fingerprint density at radius 1 is 0.652 bits per heavy atom. The van der Waals surface area contributed by atoms with Crippen LogP contribution >= 0.6 is 0 Å². The van der Waals surface area contributed by atoms with E-state index >= 15 is 0 Å². The van der Waals surface area contributed by atoms with Crippen molar-refractivity contribution in [1.82, 2.24) is 0 Å². The molecular weight excluding hydrogens is 284 g/mol. The molecule has 0 aliphatic rings. The lowest BCUT2D eigenvalue weighted by atomic mass is 9.94. The number of hydrogen-bond donors (Lipinski definition) is 0. The maximum atomic E-state index is 5.84. The molecule has 2 heteroatoms. The van der Waals surface area contributed by atoms with Gasteiger partial charge in [-0.2, -0.15) is 0 Å². The van der Waals surface area contributed by atoms with Gasteiger partial charge in [0.1, 0.15) is 11.2 Å². The Labute approximate surface area is 140 Å². The second-order valence-corrected chi connectivity index (χ2v) is 7.33. The SMILES string of the molecule is CC(C)c1ccc(C(C)(C)OOC(C)(C)c2ccccc2)cc1. The molecule has 2 aromatic carbocycles. The van der Waals surface area contributed by atoms with Crippen molar-refractivity contribution in [2.75, 3.05) is 0 Å². The van der Waals surface area contributed by atoms with Gasteiger partial charge in [-0.25, -0.2) is 9.78 Å². The third kappa shape index (κ3) is 4.43. The van der Waals surface area contributed by atoms with E-state index in [1.165, 1.54) is 5.56 Å². The molecule has 0 aliphatic heterocycles. The largest absolute Gasteiger partial charge is 0.225 e. The van der Waals surface area contributed by atoms with Crippen molar-refractivity contribution >= 4 is 0 Å². The van der Waals surface area contributed by atoms with Crippen molar-refractivity contribution in [2.24, 2.45) is 0 Å². The maximum Gasteiger partial charge on any atom is 0.123 e. The quantitative estimate of drug-likeness (QED) is 0.486. The van der Waals surface area contributed by atoms with Crippen molar-refractivity contribution in [3.63, 3.8) is 0 Å². The minimum Gasteiger partial charge on any atom is -0.225 e. The van der Waals surface area contributed by atoms with Gasteiger partial charge >= 0.3 is 0 Å². The zero-order chi connectivity index (χ0) is 17.1. The van der Waals surface area contributed by atoms with Crippen LogP contribution in [0.5, 0.6) is 0 Å². The van der Waals surface area contributed by atoms with Gasteiger partial charge in [0.15, 0.2) is 0 Å². The Hall–Kier alpha value is -1.64. The third-order valence-electron chi connectivity index (χ3n) is 4.20. The molecule has 0 N–H and O–H groups in total. The van der Waals surface area contributed by atoms with E-state index in [4.69, 9.17) is 9.78 Å². The average Bonchev–Trinajstić information content (AvgIpc) is 2.54. The van der Waals surface area contributed by atoms with Crippen LogP contribution in [0.1, 0.15) is 64.2 Å². The molecule has 124 valence electrons. The lowest BCUT2D eigenvalue weighted by Crippen LogP contribution is -2.29. The van der Waals surface area contributed by atoms with Gasteiger partial charge in [0.25, 0.3) is 0 Å². The molecule has 0 aromatic heterocycles. The van der Waals surface area contributed by atoms with Gasteiger partial charge in [-0.05, 0) is 50.3 Å². The van der Waals surface area contributed by atoms with Crippen LogP contribution in [-0.2, 0) is 21.0 Å². The van der Waals surface area contributed by atoms with E-state index < -0.39 is 11.2 Å². The van der Waals surface area contributed by atoms with E-state index in [2.05, 4.69) is 38.1 Å². The Morgan fingerprint density at radius 3 is 1.52 bits per heavy atom. The molecule has 2 aromatic rings. The van der Waals surface area contributed by atoms with Crippen LogP contribution in [0, 0.1) is 0 Å². The summed E-state index contributed by atoms with van der Waals surface area (Å²) in [5.41, 5.74) is 2.50. The second kappa shape index (κ2) is 6.86. The molecule has 0 atom stereocenters. The molecule has 0 bridgehead atoms. The van der Waals surface area contributed by atoms with Gasteiger partial charge in [-0.3, -0.25) is 0 Å². The Balaban J connectivity index is 2.09. The molecule has 2 rings (SSSR count). The number of benzene rings is 2. The van der Waals surface area contributed by atoms with Crippen LogP contribution < -0.4 is 0 Å². The zero-order valence-electron chi connectivity index (χ0n) is 15.1. The Kier molecular flexibility index (Phi) is 5.28. The van der Waals surface area contributed by atoms with Crippen molar-refractivity contribution in [3.8, 4) is 0 Å². The summed E-state index contributed by atoms with van der Waals surface area (Å²) in [6.45, 7) is 12.5. The van der Waals surface area contributed by atoms with Crippen molar-refractivity contribution < 1.29 is 9.78 Å². The molecule has 0 saturated heterocycles. The van der Waals surface area contributed by atoms with E-state index in [1.54, 1.807) is 0 Å². The van der Waals surface area contributed by atoms with Gasteiger partial charge in [0, 0.05) is 0 Å². The predicted octanol–water partition coefficient (Wildman–Crippen LogP) is 5.93. The first-order valence-electron chi connectivity index (χ1n) is 8.25. The van der Waals surface area contributed by atoms with Crippen LogP contribution in [0.15, 0.2) is 54.6 Å². The van der Waals surface area contributed by atoms with Crippen LogP contribution in [0.4, 0.5) is 0 Å². The fraction of sp³-hybridized carbons (Fsp3) is 0.429. The molecular formula is C21H28O2. The summed E-state index contributed by atoms with van der Waals surface area (Å²) in [6.07, 6.45) is 0. The summed E-state index contributed by atoms with van der Waals surface area (Å²) in [5, 5.41) is 0. The standard InChI is InChI=1S/C21H28O2/c1-16(2)17-12-14-19(15-13-17)21(5,6)23-22-20(3,4)18-10-8-7-9-11-18/h7-16H,1-6H3. The lowest BCUT2D eigenvalue weighted by Gasteiger charge is -2.31.